The topological polar surface area (TPSA) is 29.1 Å². The third-order valence-electron chi connectivity index (χ3n) is 2.85. The van der Waals surface area contributed by atoms with E-state index in [1.807, 2.05) is 0 Å². The van der Waals surface area contributed by atoms with E-state index < -0.39 is 0 Å². The Hall–Kier alpha value is -1.58. The lowest BCUT2D eigenvalue weighted by atomic mass is 10.1. The van der Waals surface area contributed by atoms with E-state index in [0.29, 0.717) is 27.7 Å². The lowest BCUT2D eigenvalue weighted by Crippen LogP contribution is -2.23. The van der Waals surface area contributed by atoms with E-state index in [2.05, 4.69) is 5.32 Å². The Kier molecular flexibility index (Phi) is 4.63. The second kappa shape index (κ2) is 6.25. The van der Waals surface area contributed by atoms with Gasteiger partial charge in [-0.25, -0.2) is 4.39 Å². The van der Waals surface area contributed by atoms with Gasteiger partial charge in [-0.05, 0) is 42.3 Å². The van der Waals surface area contributed by atoms with Crippen LogP contribution in [0.3, 0.4) is 0 Å². The molecule has 1 N–H and O–H groups in total. The molecule has 0 heterocycles. The summed E-state index contributed by atoms with van der Waals surface area (Å²) in [7, 11) is 0. The van der Waals surface area contributed by atoms with E-state index in [4.69, 9.17) is 23.2 Å². The van der Waals surface area contributed by atoms with Crippen LogP contribution in [0.2, 0.25) is 10.0 Å². The second-order valence-corrected chi connectivity index (χ2v) is 5.23. The number of rotatable bonds is 3. The maximum Gasteiger partial charge on any atom is 0.253 e. The molecule has 2 nitrogen and oxygen atoms in total. The quantitative estimate of drug-likeness (QED) is 0.896. The highest BCUT2D eigenvalue weighted by Gasteiger charge is 2.10. The molecule has 104 valence electrons. The van der Waals surface area contributed by atoms with E-state index in [-0.39, 0.29) is 11.7 Å². The first-order valence-electron chi connectivity index (χ1n) is 5.95. The maximum atomic E-state index is 13.1. The minimum absolute atomic E-state index is 0.266. The van der Waals surface area contributed by atoms with Gasteiger partial charge in [0.25, 0.3) is 5.91 Å². The van der Waals surface area contributed by atoms with Crippen LogP contribution in [0.5, 0.6) is 0 Å². The van der Waals surface area contributed by atoms with Crippen molar-refractivity contribution in [3.05, 3.63) is 69.0 Å². The van der Waals surface area contributed by atoms with Crippen molar-refractivity contribution in [3.8, 4) is 0 Å². The van der Waals surface area contributed by atoms with E-state index in [0.717, 1.165) is 5.56 Å². The van der Waals surface area contributed by atoms with Crippen LogP contribution in [0.15, 0.2) is 36.4 Å². The first-order valence-corrected chi connectivity index (χ1v) is 6.71. The van der Waals surface area contributed by atoms with Gasteiger partial charge < -0.3 is 5.32 Å². The van der Waals surface area contributed by atoms with E-state index in [9.17, 15) is 9.18 Å². The highest BCUT2D eigenvalue weighted by molar-refractivity contribution is 6.35. The first kappa shape index (κ1) is 14.8. The minimum Gasteiger partial charge on any atom is -0.348 e. The van der Waals surface area contributed by atoms with Crippen LogP contribution in [0, 0.1) is 12.7 Å². The number of benzene rings is 2. The zero-order chi connectivity index (χ0) is 14.7. The fourth-order valence-electron chi connectivity index (χ4n) is 1.77. The van der Waals surface area contributed by atoms with Crippen LogP contribution in [-0.4, -0.2) is 5.91 Å². The molecule has 2 rings (SSSR count). The van der Waals surface area contributed by atoms with Gasteiger partial charge in [0.2, 0.25) is 0 Å². The molecule has 0 aliphatic heterocycles. The molecule has 20 heavy (non-hydrogen) atoms. The summed E-state index contributed by atoms with van der Waals surface area (Å²) in [6, 6.07) is 9.39. The molecule has 2 aromatic rings. The van der Waals surface area contributed by atoms with Gasteiger partial charge in [0.05, 0.1) is 10.6 Å². The van der Waals surface area contributed by atoms with E-state index in [1.165, 1.54) is 12.1 Å². The fourth-order valence-corrected chi connectivity index (χ4v) is 2.14. The summed E-state index contributed by atoms with van der Waals surface area (Å²) in [5, 5.41) is 3.50. The number of aryl methyl sites for hydroxylation is 1. The number of carbonyl (C=O) groups excluding carboxylic acids is 1. The molecule has 0 unspecified atom stereocenters. The van der Waals surface area contributed by atoms with Gasteiger partial charge in [-0.15, -0.1) is 0 Å². The van der Waals surface area contributed by atoms with Crippen molar-refractivity contribution < 1.29 is 9.18 Å². The smallest absolute Gasteiger partial charge is 0.253 e. The highest BCUT2D eigenvalue weighted by atomic mass is 35.5. The third-order valence-corrected chi connectivity index (χ3v) is 3.41. The average molecular weight is 312 g/mol. The Morgan fingerprint density at radius 2 is 1.95 bits per heavy atom. The van der Waals surface area contributed by atoms with Crippen LogP contribution < -0.4 is 5.32 Å². The van der Waals surface area contributed by atoms with Gasteiger partial charge in [-0.1, -0.05) is 35.3 Å². The SMILES string of the molecule is Cc1cc(CNC(=O)c2cc(Cl)ccc2Cl)ccc1F. The number of hydrogen-bond donors (Lipinski definition) is 1. The predicted octanol–water partition coefficient (Wildman–Crippen LogP) is 4.37. The standard InChI is InChI=1S/C15H12Cl2FNO/c1-9-6-10(2-5-14(9)18)8-19-15(20)12-7-11(16)3-4-13(12)17/h2-7H,8H2,1H3,(H,19,20). The molecule has 2 aromatic carbocycles. The van der Waals surface area contributed by atoms with Crippen molar-refractivity contribution >= 4 is 29.1 Å². The largest absolute Gasteiger partial charge is 0.348 e. The average Bonchev–Trinajstić information content (AvgIpc) is 2.42. The number of hydrogen-bond acceptors (Lipinski definition) is 1. The van der Waals surface area contributed by atoms with Crippen molar-refractivity contribution in [1.29, 1.82) is 0 Å². The molecule has 0 atom stereocenters. The molecule has 0 bridgehead atoms. The Labute approximate surface area is 126 Å². The summed E-state index contributed by atoms with van der Waals surface area (Å²) in [6.45, 7) is 1.97. The van der Waals surface area contributed by atoms with Crippen molar-refractivity contribution in [3.63, 3.8) is 0 Å². The second-order valence-electron chi connectivity index (χ2n) is 4.39. The van der Waals surface area contributed by atoms with Gasteiger partial charge in [-0.3, -0.25) is 4.79 Å². The van der Waals surface area contributed by atoms with Crippen molar-refractivity contribution in [1.82, 2.24) is 5.32 Å². The molecule has 0 saturated heterocycles. The van der Waals surface area contributed by atoms with E-state index >= 15 is 0 Å². The number of carbonyl (C=O) groups is 1. The number of amides is 1. The Bertz CT molecular complexity index is 658. The maximum absolute atomic E-state index is 13.1. The zero-order valence-electron chi connectivity index (χ0n) is 10.7. The third kappa shape index (κ3) is 3.50. The molecule has 0 fully saturated rings. The van der Waals surface area contributed by atoms with Gasteiger partial charge in [0.15, 0.2) is 0 Å². The normalized spacial score (nSPS) is 10.4. The number of nitrogens with one attached hydrogen (secondary N) is 1. The van der Waals surface area contributed by atoms with Crippen molar-refractivity contribution in [2.45, 2.75) is 13.5 Å². The van der Waals surface area contributed by atoms with Crippen LogP contribution in [-0.2, 0) is 6.54 Å². The molecular weight excluding hydrogens is 300 g/mol. The Balaban J connectivity index is 2.08. The fraction of sp³-hybridized carbons (Fsp3) is 0.133. The number of halogens is 3. The van der Waals surface area contributed by atoms with Gasteiger partial charge in [0, 0.05) is 11.6 Å². The van der Waals surface area contributed by atoms with Gasteiger partial charge >= 0.3 is 0 Å². The van der Waals surface area contributed by atoms with Gasteiger partial charge in [0.1, 0.15) is 5.82 Å². The van der Waals surface area contributed by atoms with Crippen molar-refractivity contribution in [2.24, 2.45) is 0 Å². The molecule has 0 aliphatic rings. The van der Waals surface area contributed by atoms with Crippen molar-refractivity contribution in [2.75, 3.05) is 0 Å². The molecule has 1 amide bonds. The zero-order valence-corrected chi connectivity index (χ0v) is 12.2. The van der Waals surface area contributed by atoms with Crippen LogP contribution in [0.25, 0.3) is 0 Å². The summed E-state index contributed by atoms with van der Waals surface area (Å²) < 4.78 is 13.1. The lowest BCUT2D eigenvalue weighted by Gasteiger charge is -2.08. The van der Waals surface area contributed by atoms with Gasteiger partial charge in [-0.2, -0.15) is 0 Å². The summed E-state index contributed by atoms with van der Waals surface area (Å²) in [5.74, 6) is -0.586. The highest BCUT2D eigenvalue weighted by Crippen LogP contribution is 2.20. The predicted molar refractivity (Wildman–Crippen MR) is 78.8 cm³/mol. The van der Waals surface area contributed by atoms with Crippen LogP contribution >= 0.6 is 23.2 Å². The molecule has 0 aromatic heterocycles. The monoisotopic (exact) mass is 311 g/mol. The summed E-state index contributed by atoms with van der Waals surface area (Å²) >= 11 is 11.8. The minimum atomic E-state index is -0.320. The summed E-state index contributed by atoms with van der Waals surface area (Å²) in [6.07, 6.45) is 0. The van der Waals surface area contributed by atoms with Crippen LogP contribution in [0.4, 0.5) is 4.39 Å². The molecule has 0 radical (unpaired) electrons. The van der Waals surface area contributed by atoms with E-state index in [1.54, 1.807) is 31.2 Å². The molecule has 5 heteroatoms. The Morgan fingerprint density at radius 3 is 2.65 bits per heavy atom. The van der Waals surface area contributed by atoms with Crippen LogP contribution in [0.1, 0.15) is 21.5 Å². The molecular formula is C15H12Cl2FNO. The molecule has 0 spiro atoms. The molecule has 0 aliphatic carbocycles. The lowest BCUT2D eigenvalue weighted by molar-refractivity contribution is 0.0951. The summed E-state index contributed by atoms with van der Waals surface area (Å²) in [5.41, 5.74) is 1.67. The Morgan fingerprint density at radius 1 is 1.20 bits per heavy atom. The first-order chi connectivity index (χ1) is 9.47. The summed E-state index contributed by atoms with van der Waals surface area (Å²) in [4.78, 5) is 12.0. The molecule has 0 saturated carbocycles.